The molecule has 0 spiro atoms. The Morgan fingerprint density at radius 1 is 1.19 bits per heavy atom. The van der Waals surface area contributed by atoms with E-state index in [1.54, 1.807) is 0 Å². The van der Waals surface area contributed by atoms with Crippen molar-refractivity contribution in [2.75, 3.05) is 26.4 Å². The van der Waals surface area contributed by atoms with Crippen LogP contribution in [-0.4, -0.2) is 26.4 Å². The van der Waals surface area contributed by atoms with Gasteiger partial charge in [-0.3, -0.25) is 0 Å². The summed E-state index contributed by atoms with van der Waals surface area (Å²) in [5, 5.41) is 4.11. The smallest absolute Gasteiger partial charge is 0.124 e. The number of rotatable bonds is 11. The highest BCUT2D eigenvalue weighted by atomic mass is 35.5. The second-order valence-electron chi connectivity index (χ2n) is 5.57. The minimum Gasteiger partial charge on any atom is -0.491 e. The zero-order valence-electron chi connectivity index (χ0n) is 13.5. The summed E-state index contributed by atoms with van der Waals surface area (Å²) in [5.41, 5.74) is 1.10. The van der Waals surface area contributed by atoms with Crippen molar-refractivity contribution in [1.29, 1.82) is 0 Å². The van der Waals surface area contributed by atoms with Gasteiger partial charge in [0.15, 0.2) is 0 Å². The van der Waals surface area contributed by atoms with Crippen LogP contribution in [0.5, 0.6) is 5.75 Å². The molecule has 1 rings (SSSR count). The SMILES string of the molecule is CCCNCc1cc(Cl)ccc1OCCOCCC(C)C. The van der Waals surface area contributed by atoms with Gasteiger partial charge in [-0.15, -0.1) is 0 Å². The molecule has 0 bridgehead atoms. The molecule has 1 aromatic rings. The lowest BCUT2D eigenvalue weighted by Crippen LogP contribution is -2.15. The van der Waals surface area contributed by atoms with Crippen molar-refractivity contribution in [3.63, 3.8) is 0 Å². The predicted molar refractivity (Wildman–Crippen MR) is 89.2 cm³/mol. The first-order chi connectivity index (χ1) is 10.1. The molecule has 0 fully saturated rings. The summed E-state index contributed by atoms with van der Waals surface area (Å²) in [6.45, 7) is 10.3. The number of hydrogen-bond donors (Lipinski definition) is 1. The Bertz CT molecular complexity index is 396. The molecule has 0 heterocycles. The molecule has 1 N–H and O–H groups in total. The lowest BCUT2D eigenvalue weighted by Gasteiger charge is -2.13. The minimum atomic E-state index is 0.570. The van der Waals surface area contributed by atoms with Gasteiger partial charge in [0.05, 0.1) is 6.61 Å². The largest absolute Gasteiger partial charge is 0.491 e. The van der Waals surface area contributed by atoms with Crippen LogP contribution in [0.3, 0.4) is 0 Å². The van der Waals surface area contributed by atoms with Gasteiger partial charge in [-0.2, -0.15) is 0 Å². The summed E-state index contributed by atoms with van der Waals surface area (Å²) in [5.74, 6) is 1.56. The van der Waals surface area contributed by atoms with E-state index in [1.165, 1.54) is 0 Å². The van der Waals surface area contributed by atoms with Crippen LogP contribution < -0.4 is 10.1 Å². The highest BCUT2D eigenvalue weighted by Gasteiger charge is 2.05. The Kier molecular flexibility index (Phi) is 9.48. The van der Waals surface area contributed by atoms with Crippen molar-refractivity contribution >= 4 is 11.6 Å². The van der Waals surface area contributed by atoms with Crippen LogP contribution in [0, 0.1) is 5.92 Å². The monoisotopic (exact) mass is 313 g/mol. The summed E-state index contributed by atoms with van der Waals surface area (Å²) in [6, 6.07) is 5.75. The number of ether oxygens (including phenoxy) is 2. The summed E-state index contributed by atoms with van der Waals surface area (Å²) in [6.07, 6.45) is 2.20. The standard InChI is InChI=1S/C17H28ClNO2/c1-4-8-19-13-15-12-16(18)5-6-17(15)21-11-10-20-9-7-14(2)3/h5-6,12,14,19H,4,7-11,13H2,1-3H3. The van der Waals surface area contributed by atoms with Crippen molar-refractivity contribution < 1.29 is 9.47 Å². The van der Waals surface area contributed by atoms with Crippen LogP contribution in [0.15, 0.2) is 18.2 Å². The molecular weight excluding hydrogens is 286 g/mol. The number of halogens is 1. The maximum atomic E-state index is 6.05. The van der Waals surface area contributed by atoms with Crippen LogP contribution in [0.25, 0.3) is 0 Å². The maximum absolute atomic E-state index is 6.05. The molecule has 0 aliphatic carbocycles. The first-order valence-electron chi connectivity index (χ1n) is 7.83. The molecule has 3 nitrogen and oxygen atoms in total. The average molecular weight is 314 g/mol. The van der Waals surface area contributed by atoms with E-state index in [0.29, 0.717) is 19.1 Å². The summed E-state index contributed by atoms with van der Waals surface area (Å²) in [7, 11) is 0. The van der Waals surface area contributed by atoms with Crippen LogP contribution in [0.1, 0.15) is 39.2 Å². The van der Waals surface area contributed by atoms with Crippen LogP contribution in [0.2, 0.25) is 5.02 Å². The van der Waals surface area contributed by atoms with E-state index in [4.69, 9.17) is 21.1 Å². The van der Waals surface area contributed by atoms with E-state index in [9.17, 15) is 0 Å². The zero-order valence-corrected chi connectivity index (χ0v) is 14.2. The first kappa shape index (κ1) is 18.3. The van der Waals surface area contributed by atoms with E-state index in [0.717, 1.165) is 48.9 Å². The third-order valence-electron chi connectivity index (χ3n) is 3.09. The fourth-order valence-electron chi connectivity index (χ4n) is 1.86. The zero-order chi connectivity index (χ0) is 15.5. The van der Waals surface area contributed by atoms with Crippen molar-refractivity contribution in [3.8, 4) is 5.75 Å². The van der Waals surface area contributed by atoms with Crippen molar-refractivity contribution in [2.45, 2.75) is 40.2 Å². The number of nitrogens with one attached hydrogen (secondary N) is 1. The van der Waals surface area contributed by atoms with Crippen LogP contribution in [0.4, 0.5) is 0 Å². The Hall–Kier alpha value is -0.770. The fraction of sp³-hybridized carbons (Fsp3) is 0.647. The van der Waals surface area contributed by atoms with E-state index in [2.05, 4.69) is 26.1 Å². The minimum absolute atomic E-state index is 0.570. The highest BCUT2D eigenvalue weighted by Crippen LogP contribution is 2.22. The van der Waals surface area contributed by atoms with Gasteiger partial charge in [0.1, 0.15) is 12.4 Å². The van der Waals surface area contributed by atoms with Gasteiger partial charge in [-0.1, -0.05) is 32.4 Å². The second kappa shape index (κ2) is 10.9. The Labute approximate surface area is 134 Å². The van der Waals surface area contributed by atoms with Gasteiger partial charge in [0.25, 0.3) is 0 Å². The lowest BCUT2D eigenvalue weighted by molar-refractivity contribution is 0.0922. The molecule has 120 valence electrons. The van der Waals surface area contributed by atoms with Crippen LogP contribution in [-0.2, 0) is 11.3 Å². The highest BCUT2D eigenvalue weighted by molar-refractivity contribution is 6.30. The van der Waals surface area contributed by atoms with Crippen molar-refractivity contribution in [1.82, 2.24) is 5.32 Å². The molecule has 0 saturated heterocycles. The maximum Gasteiger partial charge on any atom is 0.124 e. The molecule has 1 aromatic carbocycles. The van der Waals surface area contributed by atoms with Crippen molar-refractivity contribution in [2.24, 2.45) is 5.92 Å². The molecule has 21 heavy (non-hydrogen) atoms. The molecule has 0 amide bonds. The van der Waals surface area contributed by atoms with E-state index in [-0.39, 0.29) is 0 Å². The normalized spacial score (nSPS) is 11.1. The molecule has 0 radical (unpaired) electrons. The van der Waals surface area contributed by atoms with Gasteiger partial charge >= 0.3 is 0 Å². The Balaban J connectivity index is 2.35. The van der Waals surface area contributed by atoms with E-state index >= 15 is 0 Å². The van der Waals surface area contributed by atoms with Gasteiger partial charge in [0.2, 0.25) is 0 Å². The van der Waals surface area contributed by atoms with Crippen molar-refractivity contribution in [3.05, 3.63) is 28.8 Å². The van der Waals surface area contributed by atoms with Gasteiger partial charge in [0, 0.05) is 23.7 Å². The molecule has 0 unspecified atom stereocenters. The number of benzene rings is 1. The molecular formula is C17H28ClNO2. The molecule has 4 heteroatoms. The van der Waals surface area contributed by atoms with E-state index in [1.807, 2.05) is 18.2 Å². The first-order valence-corrected chi connectivity index (χ1v) is 8.21. The second-order valence-corrected chi connectivity index (χ2v) is 6.01. The molecule has 0 aromatic heterocycles. The van der Waals surface area contributed by atoms with Gasteiger partial charge in [-0.05, 0) is 43.5 Å². The molecule has 0 atom stereocenters. The summed E-state index contributed by atoms with van der Waals surface area (Å²) >= 11 is 6.05. The van der Waals surface area contributed by atoms with Crippen LogP contribution >= 0.6 is 11.6 Å². The lowest BCUT2D eigenvalue weighted by atomic mass is 10.1. The fourth-order valence-corrected chi connectivity index (χ4v) is 2.05. The summed E-state index contributed by atoms with van der Waals surface area (Å²) in [4.78, 5) is 0. The quantitative estimate of drug-likeness (QED) is 0.618. The third-order valence-corrected chi connectivity index (χ3v) is 3.32. The average Bonchev–Trinajstić information content (AvgIpc) is 2.44. The Morgan fingerprint density at radius 3 is 2.71 bits per heavy atom. The predicted octanol–water partition coefficient (Wildman–Crippen LogP) is 4.28. The topological polar surface area (TPSA) is 30.5 Å². The Morgan fingerprint density at radius 2 is 2.00 bits per heavy atom. The third kappa shape index (κ3) is 8.30. The van der Waals surface area contributed by atoms with Gasteiger partial charge < -0.3 is 14.8 Å². The van der Waals surface area contributed by atoms with E-state index < -0.39 is 0 Å². The molecule has 0 aliphatic rings. The summed E-state index contributed by atoms with van der Waals surface area (Å²) < 4.78 is 11.4. The molecule has 0 aliphatic heterocycles. The molecule has 0 saturated carbocycles. The number of hydrogen-bond acceptors (Lipinski definition) is 3. The van der Waals surface area contributed by atoms with Gasteiger partial charge in [-0.25, -0.2) is 0 Å².